The maximum Gasteiger partial charge on any atom is -0.00179 e. The Kier molecular flexibility index (Phi) is 3.87. The lowest BCUT2D eigenvalue weighted by atomic mass is 9.59. The van der Waals surface area contributed by atoms with Crippen LogP contribution in [0.3, 0.4) is 0 Å². The first kappa shape index (κ1) is 13.4. The van der Waals surface area contributed by atoms with Gasteiger partial charge in [0.05, 0.1) is 0 Å². The largest absolute Gasteiger partial charge is 0.330 e. The van der Waals surface area contributed by atoms with Crippen LogP contribution in [0, 0.1) is 22.7 Å². The van der Waals surface area contributed by atoms with Crippen LogP contribution in [0.2, 0.25) is 0 Å². The number of hydrogen-bond acceptors (Lipinski definition) is 1. The van der Waals surface area contributed by atoms with E-state index in [0.717, 1.165) is 18.4 Å². The Hall–Kier alpha value is -0.0400. The molecule has 2 fully saturated rings. The topological polar surface area (TPSA) is 26.0 Å². The van der Waals surface area contributed by atoms with Crippen molar-refractivity contribution in [1.29, 1.82) is 0 Å². The van der Waals surface area contributed by atoms with Crippen molar-refractivity contribution in [1.82, 2.24) is 0 Å². The van der Waals surface area contributed by atoms with Crippen molar-refractivity contribution in [3.05, 3.63) is 0 Å². The molecule has 2 rings (SSSR count). The second-order valence-electron chi connectivity index (χ2n) is 7.69. The van der Waals surface area contributed by atoms with Crippen molar-refractivity contribution in [2.24, 2.45) is 28.4 Å². The molecule has 0 atom stereocenters. The fourth-order valence-electron chi connectivity index (χ4n) is 4.38. The van der Waals surface area contributed by atoms with Crippen LogP contribution < -0.4 is 5.73 Å². The zero-order valence-electron chi connectivity index (χ0n) is 12.1. The SMILES string of the molecule is CC(C)(C)C1CCC(CN)(C2CCCC2)CC1. The first-order valence-corrected chi connectivity index (χ1v) is 7.68. The molecule has 0 aliphatic heterocycles. The molecule has 2 aliphatic rings. The monoisotopic (exact) mass is 237 g/mol. The summed E-state index contributed by atoms with van der Waals surface area (Å²) in [7, 11) is 0. The maximum atomic E-state index is 6.17. The van der Waals surface area contributed by atoms with Gasteiger partial charge in [-0.15, -0.1) is 0 Å². The molecule has 0 radical (unpaired) electrons. The highest BCUT2D eigenvalue weighted by Crippen LogP contribution is 2.52. The molecule has 0 saturated heterocycles. The lowest BCUT2D eigenvalue weighted by Gasteiger charge is -2.47. The molecule has 2 saturated carbocycles. The molecule has 17 heavy (non-hydrogen) atoms. The van der Waals surface area contributed by atoms with Gasteiger partial charge in [0.25, 0.3) is 0 Å². The van der Waals surface area contributed by atoms with Crippen molar-refractivity contribution in [3.63, 3.8) is 0 Å². The van der Waals surface area contributed by atoms with Gasteiger partial charge in [-0.3, -0.25) is 0 Å². The summed E-state index contributed by atoms with van der Waals surface area (Å²) in [6.07, 6.45) is 11.4. The van der Waals surface area contributed by atoms with Gasteiger partial charge in [-0.25, -0.2) is 0 Å². The zero-order chi connectivity index (χ0) is 12.5. The maximum absolute atomic E-state index is 6.17. The second kappa shape index (κ2) is 4.91. The smallest absolute Gasteiger partial charge is 0.00179 e. The summed E-state index contributed by atoms with van der Waals surface area (Å²) < 4.78 is 0. The van der Waals surface area contributed by atoms with E-state index >= 15 is 0 Å². The van der Waals surface area contributed by atoms with Crippen LogP contribution in [-0.4, -0.2) is 6.54 Å². The van der Waals surface area contributed by atoms with Crippen molar-refractivity contribution in [2.75, 3.05) is 6.54 Å². The molecule has 0 heterocycles. The van der Waals surface area contributed by atoms with Gasteiger partial charge in [-0.05, 0) is 67.7 Å². The Morgan fingerprint density at radius 3 is 1.94 bits per heavy atom. The van der Waals surface area contributed by atoms with Gasteiger partial charge in [0.2, 0.25) is 0 Å². The molecular weight excluding hydrogens is 206 g/mol. The minimum Gasteiger partial charge on any atom is -0.330 e. The third-order valence-electron chi connectivity index (χ3n) is 5.83. The summed E-state index contributed by atoms with van der Waals surface area (Å²) in [5.74, 6) is 1.87. The molecule has 0 aromatic carbocycles. The Morgan fingerprint density at radius 2 is 1.53 bits per heavy atom. The molecule has 0 amide bonds. The molecule has 0 aromatic rings. The van der Waals surface area contributed by atoms with Gasteiger partial charge < -0.3 is 5.73 Å². The molecule has 0 spiro atoms. The highest BCUT2D eigenvalue weighted by molar-refractivity contribution is 4.95. The van der Waals surface area contributed by atoms with E-state index in [-0.39, 0.29) is 0 Å². The third kappa shape index (κ3) is 2.70. The van der Waals surface area contributed by atoms with Gasteiger partial charge >= 0.3 is 0 Å². The predicted octanol–water partition coefficient (Wildman–Crippen LogP) is 4.36. The van der Waals surface area contributed by atoms with E-state index in [4.69, 9.17) is 5.73 Å². The first-order valence-electron chi connectivity index (χ1n) is 7.68. The van der Waals surface area contributed by atoms with Gasteiger partial charge in [-0.2, -0.15) is 0 Å². The molecule has 0 bridgehead atoms. The van der Waals surface area contributed by atoms with Crippen LogP contribution in [-0.2, 0) is 0 Å². The molecule has 2 aliphatic carbocycles. The minimum absolute atomic E-state index is 0.496. The fourth-order valence-corrected chi connectivity index (χ4v) is 4.38. The van der Waals surface area contributed by atoms with Gasteiger partial charge in [-0.1, -0.05) is 33.6 Å². The molecule has 100 valence electrons. The molecule has 0 unspecified atom stereocenters. The summed E-state index contributed by atoms with van der Waals surface area (Å²) in [4.78, 5) is 0. The summed E-state index contributed by atoms with van der Waals surface area (Å²) in [5.41, 5.74) is 7.20. The highest BCUT2D eigenvalue weighted by Gasteiger charge is 2.43. The minimum atomic E-state index is 0.496. The van der Waals surface area contributed by atoms with E-state index in [1.807, 2.05) is 0 Å². The average molecular weight is 237 g/mol. The Balaban J connectivity index is 1.99. The Morgan fingerprint density at radius 1 is 1.00 bits per heavy atom. The number of nitrogens with two attached hydrogens (primary N) is 1. The standard InChI is InChI=1S/C16H31N/c1-15(2,3)13-8-10-16(12-17,11-9-13)14-6-4-5-7-14/h13-14H,4-12,17H2,1-3H3. The van der Waals surface area contributed by atoms with E-state index in [2.05, 4.69) is 20.8 Å². The van der Waals surface area contributed by atoms with Crippen LogP contribution in [0.5, 0.6) is 0 Å². The van der Waals surface area contributed by atoms with E-state index in [1.54, 1.807) is 0 Å². The molecular formula is C16H31N. The second-order valence-corrected chi connectivity index (χ2v) is 7.69. The van der Waals surface area contributed by atoms with Crippen molar-refractivity contribution >= 4 is 0 Å². The number of hydrogen-bond donors (Lipinski definition) is 1. The van der Waals surface area contributed by atoms with Crippen molar-refractivity contribution < 1.29 is 0 Å². The normalized spacial score (nSPS) is 36.4. The quantitative estimate of drug-likeness (QED) is 0.759. The van der Waals surface area contributed by atoms with Gasteiger partial charge in [0, 0.05) is 0 Å². The predicted molar refractivity (Wildman–Crippen MR) is 74.9 cm³/mol. The van der Waals surface area contributed by atoms with Crippen LogP contribution in [0.4, 0.5) is 0 Å². The van der Waals surface area contributed by atoms with Crippen LogP contribution in [0.15, 0.2) is 0 Å². The average Bonchev–Trinajstić information content (AvgIpc) is 2.82. The Bertz CT molecular complexity index is 237. The van der Waals surface area contributed by atoms with Crippen LogP contribution in [0.1, 0.15) is 72.1 Å². The molecule has 1 nitrogen and oxygen atoms in total. The van der Waals surface area contributed by atoms with Gasteiger partial charge in [0.1, 0.15) is 0 Å². The summed E-state index contributed by atoms with van der Waals surface area (Å²) >= 11 is 0. The highest BCUT2D eigenvalue weighted by atomic mass is 14.6. The first-order chi connectivity index (χ1) is 7.98. The van der Waals surface area contributed by atoms with Gasteiger partial charge in [0.15, 0.2) is 0 Å². The fraction of sp³-hybridized carbons (Fsp3) is 1.00. The number of rotatable bonds is 2. The lowest BCUT2D eigenvalue weighted by molar-refractivity contribution is 0.0476. The third-order valence-corrected chi connectivity index (χ3v) is 5.83. The molecule has 2 N–H and O–H groups in total. The lowest BCUT2D eigenvalue weighted by Crippen LogP contribution is -2.42. The summed E-state index contributed by atoms with van der Waals surface area (Å²) in [6.45, 7) is 8.16. The van der Waals surface area contributed by atoms with Crippen molar-refractivity contribution in [3.8, 4) is 0 Å². The van der Waals surface area contributed by atoms with E-state index in [9.17, 15) is 0 Å². The van der Waals surface area contributed by atoms with E-state index in [1.165, 1.54) is 51.4 Å². The summed E-state index contributed by atoms with van der Waals surface area (Å²) in [6, 6.07) is 0. The molecule has 1 heteroatoms. The summed E-state index contributed by atoms with van der Waals surface area (Å²) in [5, 5.41) is 0. The van der Waals surface area contributed by atoms with E-state index < -0.39 is 0 Å². The zero-order valence-corrected chi connectivity index (χ0v) is 12.1. The van der Waals surface area contributed by atoms with Crippen LogP contribution >= 0.6 is 0 Å². The van der Waals surface area contributed by atoms with Crippen molar-refractivity contribution in [2.45, 2.75) is 72.1 Å². The molecule has 0 aromatic heterocycles. The van der Waals surface area contributed by atoms with Crippen LogP contribution in [0.25, 0.3) is 0 Å². The Labute approximate surface area is 108 Å². The van der Waals surface area contributed by atoms with E-state index in [0.29, 0.717) is 10.8 Å².